The summed E-state index contributed by atoms with van der Waals surface area (Å²) < 4.78 is 25.7. The van der Waals surface area contributed by atoms with Crippen LogP contribution in [-0.2, 0) is 16.4 Å². The number of hydrogen-bond donors (Lipinski definition) is 2. The largest absolute Gasteiger partial charge is 0.352 e. The number of carbonyl (C=O) groups excluding carboxylic acids is 1. The van der Waals surface area contributed by atoms with E-state index in [0.29, 0.717) is 24.1 Å². The predicted octanol–water partition coefficient (Wildman–Crippen LogP) is 0.941. The van der Waals surface area contributed by atoms with Crippen LogP contribution in [0.5, 0.6) is 0 Å². The van der Waals surface area contributed by atoms with E-state index >= 15 is 0 Å². The summed E-state index contributed by atoms with van der Waals surface area (Å²) in [4.78, 5) is 12.3. The van der Waals surface area contributed by atoms with E-state index in [-0.39, 0.29) is 10.8 Å². The highest BCUT2D eigenvalue weighted by molar-refractivity contribution is 7.89. The van der Waals surface area contributed by atoms with Gasteiger partial charge in [0, 0.05) is 44.5 Å². The minimum Gasteiger partial charge on any atom is -0.352 e. The van der Waals surface area contributed by atoms with Gasteiger partial charge in [-0.1, -0.05) is 6.07 Å². The van der Waals surface area contributed by atoms with Crippen LogP contribution in [0.4, 0.5) is 0 Å². The summed E-state index contributed by atoms with van der Waals surface area (Å²) >= 11 is 0. The van der Waals surface area contributed by atoms with E-state index < -0.39 is 10.0 Å². The summed E-state index contributed by atoms with van der Waals surface area (Å²) in [5.41, 5.74) is 1.85. The van der Waals surface area contributed by atoms with Gasteiger partial charge in [0.05, 0.1) is 4.90 Å². The summed E-state index contributed by atoms with van der Waals surface area (Å²) in [7, 11) is -0.651. The molecule has 1 amide bonds. The number of rotatable bonds is 6. The van der Waals surface area contributed by atoms with Crippen LogP contribution in [0.15, 0.2) is 35.4 Å². The second-order valence-corrected chi connectivity index (χ2v) is 7.48. The fourth-order valence-corrected chi connectivity index (χ4v) is 3.20. The number of aryl methyl sites for hydroxylation is 1. The molecule has 0 aliphatic heterocycles. The van der Waals surface area contributed by atoms with E-state index in [2.05, 4.69) is 15.5 Å². The van der Waals surface area contributed by atoms with Crippen molar-refractivity contribution in [2.75, 3.05) is 20.6 Å². The fraction of sp³-hybridized carbons (Fsp3) is 0.333. The van der Waals surface area contributed by atoms with Crippen LogP contribution in [0.1, 0.15) is 21.6 Å². The van der Waals surface area contributed by atoms with Crippen molar-refractivity contribution in [2.24, 2.45) is 0 Å². The van der Waals surface area contributed by atoms with Crippen molar-refractivity contribution in [3.63, 3.8) is 0 Å². The van der Waals surface area contributed by atoms with E-state index in [9.17, 15) is 13.2 Å². The quantitative estimate of drug-likeness (QED) is 0.821. The normalized spacial score (nSPS) is 11.7. The molecule has 2 rings (SSSR count). The lowest BCUT2D eigenvalue weighted by Gasteiger charge is -2.14. The Kier molecular flexibility index (Phi) is 5.17. The van der Waals surface area contributed by atoms with E-state index in [0.717, 1.165) is 10.00 Å². The maximum atomic E-state index is 12.3. The molecular weight excluding hydrogens is 316 g/mol. The molecule has 2 N–H and O–H groups in total. The number of H-pyrrole nitrogens is 1. The number of nitrogens with zero attached hydrogens (tertiary/aromatic N) is 2. The molecule has 0 atom stereocenters. The number of sulfonamides is 1. The fourth-order valence-electron chi connectivity index (χ4n) is 2.05. The topological polar surface area (TPSA) is 95.2 Å². The minimum absolute atomic E-state index is 0.142. The lowest BCUT2D eigenvalue weighted by atomic mass is 10.1. The van der Waals surface area contributed by atoms with Crippen molar-refractivity contribution in [1.82, 2.24) is 19.8 Å². The number of hydrogen-bond acceptors (Lipinski definition) is 4. The van der Waals surface area contributed by atoms with Gasteiger partial charge in [-0.15, -0.1) is 0 Å². The molecule has 8 heteroatoms. The third-order valence-electron chi connectivity index (χ3n) is 3.45. The molecule has 23 heavy (non-hydrogen) atoms. The molecule has 1 aromatic heterocycles. The first-order valence-corrected chi connectivity index (χ1v) is 8.56. The summed E-state index contributed by atoms with van der Waals surface area (Å²) in [5.74, 6) is -0.306. The lowest BCUT2D eigenvalue weighted by molar-refractivity contribution is 0.0954. The maximum Gasteiger partial charge on any atom is 0.251 e. The third-order valence-corrected chi connectivity index (χ3v) is 5.40. The SMILES string of the molecule is Cc1ccc(C(=O)NCCc2ccn[nH]2)cc1S(=O)(=O)N(C)C. The predicted molar refractivity (Wildman–Crippen MR) is 86.7 cm³/mol. The zero-order valence-electron chi connectivity index (χ0n) is 13.3. The summed E-state index contributed by atoms with van der Waals surface area (Å²) in [6.07, 6.45) is 2.27. The Morgan fingerprint density at radius 1 is 1.30 bits per heavy atom. The van der Waals surface area contributed by atoms with Gasteiger partial charge in [0.25, 0.3) is 5.91 Å². The van der Waals surface area contributed by atoms with Crippen molar-refractivity contribution in [3.8, 4) is 0 Å². The highest BCUT2D eigenvalue weighted by Crippen LogP contribution is 2.19. The molecule has 0 aliphatic carbocycles. The number of nitrogens with one attached hydrogen (secondary N) is 2. The Morgan fingerprint density at radius 3 is 2.65 bits per heavy atom. The third kappa shape index (κ3) is 3.96. The van der Waals surface area contributed by atoms with Crippen LogP contribution in [0.3, 0.4) is 0 Å². The molecule has 0 spiro atoms. The summed E-state index contributed by atoms with van der Waals surface area (Å²) in [6, 6.07) is 6.51. The Labute approximate surface area is 135 Å². The molecule has 0 saturated heterocycles. The summed E-state index contributed by atoms with van der Waals surface area (Å²) in [5, 5.41) is 9.42. The van der Waals surface area contributed by atoms with E-state index in [4.69, 9.17) is 0 Å². The Bertz CT molecular complexity index is 783. The van der Waals surface area contributed by atoms with Gasteiger partial charge in [0.1, 0.15) is 0 Å². The summed E-state index contributed by atoms with van der Waals surface area (Å²) in [6.45, 7) is 2.14. The number of amides is 1. The van der Waals surface area contributed by atoms with Gasteiger partial charge in [-0.25, -0.2) is 12.7 Å². The van der Waals surface area contributed by atoms with Crippen molar-refractivity contribution in [3.05, 3.63) is 47.3 Å². The van der Waals surface area contributed by atoms with Crippen LogP contribution in [0.25, 0.3) is 0 Å². The standard InChI is InChI=1S/C15H20N4O3S/c1-11-4-5-12(10-14(11)23(21,22)19(2)3)15(20)16-8-6-13-7-9-17-18-13/h4-5,7,9-10H,6,8H2,1-3H3,(H,16,20)(H,17,18). The van der Waals surface area contributed by atoms with Crippen molar-refractivity contribution in [1.29, 1.82) is 0 Å². The first-order chi connectivity index (χ1) is 10.8. The van der Waals surface area contributed by atoms with Gasteiger partial charge in [-0.2, -0.15) is 5.10 Å². The molecule has 0 bridgehead atoms. The number of benzene rings is 1. The highest BCUT2D eigenvalue weighted by Gasteiger charge is 2.21. The Morgan fingerprint density at radius 2 is 2.04 bits per heavy atom. The highest BCUT2D eigenvalue weighted by atomic mass is 32.2. The van der Waals surface area contributed by atoms with Crippen LogP contribution < -0.4 is 5.32 Å². The molecular formula is C15H20N4O3S. The van der Waals surface area contributed by atoms with Crippen LogP contribution in [0, 0.1) is 6.92 Å². The second-order valence-electron chi connectivity index (χ2n) is 5.36. The molecule has 2 aromatic rings. The lowest BCUT2D eigenvalue weighted by Crippen LogP contribution is -2.27. The average molecular weight is 336 g/mol. The van der Waals surface area contributed by atoms with Gasteiger partial charge in [0.2, 0.25) is 10.0 Å². The first-order valence-electron chi connectivity index (χ1n) is 7.12. The minimum atomic E-state index is -3.58. The molecule has 1 aromatic carbocycles. The van der Waals surface area contributed by atoms with Crippen LogP contribution >= 0.6 is 0 Å². The van der Waals surface area contributed by atoms with Gasteiger partial charge < -0.3 is 5.32 Å². The number of aromatic amines is 1. The van der Waals surface area contributed by atoms with Gasteiger partial charge in [-0.3, -0.25) is 9.89 Å². The van der Waals surface area contributed by atoms with Crippen molar-refractivity contribution >= 4 is 15.9 Å². The molecule has 0 unspecified atom stereocenters. The van der Waals surface area contributed by atoms with Crippen molar-refractivity contribution in [2.45, 2.75) is 18.2 Å². The molecule has 7 nitrogen and oxygen atoms in total. The Balaban J connectivity index is 2.12. The molecule has 0 radical (unpaired) electrons. The molecule has 0 saturated carbocycles. The van der Waals surface area contributed by atoms with E-state index in [1.807, 2.05) is 6.07 Å². The van der Waals surface area contributed by atoms with E-state index in [1.165, 1.54) is 20.2 Å². The number of aromatic nitrogens is 2. The Hall–Kier alpha value is -2.19. The van der Waals surface area contributed by atoms with Gasteiger partial charge in [-0.05, 0) is 30.7 Å². The molecule has 124 valence electrons. The maximum absolute atomic E-state index is 12.3. The van der Waals surface area contributed by atoms with Crippen LogP contribution in [0.2, 0.25) is 0 Å². The smallest absolute Gasteiger partial charge is 0.251 e. The van der Waals surface area contributed by atoms with Crippen LogP contribution in [-0.4, -0.2) is 49.5 Å². The van der Waals surface area contributed by atoms with Gasteiger partial charge >= 0.3 is 0 Å². The monoisotopic (exact) mass is 336 g/mol. The first kappa shape index (κ1) is 17.2. The molecule has 0 fully saturated rings. The average Bonchev–Trinajstić information content (AvgIpc) is 3.00. The zero-order chi connectivity index (χ0) is 17.0. The van der Waals surface area contributed by atoms with Crippen molar-refractivity contribution < 1.29 is 13.2 Å². The van der Waals surface area contributed by atoms with E-state index in [1.54, 1.807) is 25.3 Å². The number of carbonyl (C=O) groups is 1. The zero-order valence-corrected chi connectivity index (χ0v) is 14.1. The second kappa shape index (κ2) is 6.93. The molecule has 1 heterocycles. The van der Waals surface area contributed by atoms with Gasteiger partial charge in [0.15, 0.2) is 0 Å². The molecule has 0 aliphatic rings.